The zero-order valence-corrected chi connectivity index (χ0v) is 13.2. The molecule has 6 heteroatoms. The van der Waals surface area contributed by atoms with Crippen molar-refractivity contribution in [3.63, 3.8) is 0 Å². The van der Waals surface area contributed by atoms with Crippen molar-refractivity contribution >= 4 is 17.5 Å². The smallest absolute Gasteiger partial charge is 0.249 e. The summed E-state index contributed by atoms with van der Waals surface area (Å²) >= 11 is 5.99. The SMILES string of the molecule is CCCC(=O)N1CCCC1c1nc(-c2cccc(Cl)c2)no1. The van der Waals surface area contributed by atoms with Crippen molar-refractivity contribution in [2.75, 3.05) is 6.54 Å². The van der Waals surface area contributed by atoms with Gasteiger partial charge in [-0.15, -0.1) is 0 Å². The summed E-state index contributed by atoms with van der Waals surface area (Å²) in [6.07, 6.45) is 3.24. The molecular weight excluding hydrogens is 302 g/mol. The lowest BCUT2D eigenvalue weighted by Crippen LogP contribution is -2.30. The van der Waals surface area contributed by atoms with Crippen LogP contribution in [0.1, 0.15) is 44.5 Å². The van der Waals surface area contributed by atoms with E-state index in [0.29, 0.717) is 23.2 Å². The molecule has 1 aromatic carbocycles. The van der Waals surface area contributed by atoms with Crippen molar-refractivity contribution in [1.82, 2.24) is 15.0 Å². The van der Waals surface area contributed by atoms with Crippen LogP contribution < -0.4 is 0 Å². The van der Waals surface area contributed by atoms with Crippen LogP contribution in [-0.4, -0.2) is 27.5 Å². The van der Waals surface area contributed by atoms with Crippen LogP contribution >= 0.6 is 11.6 Å². The molecule has 0 spiro atoms. The van der Waals surface area contributed by atoms with E-state index in [-0.39, 0.29) is 11.9 Å². The van der Waals surface area contributed by atoms with Gasteiger partial charge in [0.25, 0.3) is 0 Å². The fourth-order valence-corrected chi connectivity index (χ4v) is 2.99. The van der Waals surface area contributed by atoms with E-state index in [1.54, 1.807) is 12.1 Å². The van der Waals surface area contributed by atoms with Gasteiger partial charge >= 0.3 is 0 Å². The zero-order valence-electron chi connectivity index (χ0n) is 12.5. The minimum absolute atomic E-state index is 0.0977. The topological polar surface area (TPSA) is 59.2 Å². The Bertz CT molecular complexity index is 671. The number of likely N-dealkylation sites (tertiary alicyclic amines) is 1. The Balaban J connectivity index is 1.82. The number of aromatic nitrogens is 2. The summed E-state index contributed by atoms with van der Waals surface area (Å²) in [4.78, 5) is 18.5. The molecule has 2 aromatic rings. The van der Waals surface area contributed by atoms with E-state index in [9.17, 15) is 4.79 Å². The Kier molecular flexibility index (Phi) is 4.43. The van der Waals surface area contributed by atoms with Gasteiger partial charge in [0.15, 0.2) is 0 Å². The third-order valence-electron chi connectivity index (χ3n) is 3.85. The van der Waals surface area contributed by atoms with Gasteiger partial charge in [0.05, 0.1) is 0 Å². The van der Waals surface area contributed by atoms with E-state index in [1.165, 1.54) is 0 Å². The number of hydrogen-bond acceptors (Lipinski definition) is 4. The molecule has 0 saturated carbocycles. The standard InChI is InChI=1S/C16H18ClN3O2/c1-2-5-14(21)20-9-4-8-13(20)16-18-15(19-22-16)11-6-3-7-12(17)10-11/h3,6-7,10,13H,2,4-5,8-9H2,1H3. The number of halogens is 1. The lowest BCUT2D eigenvalue weighted by Gasteiger charge is -2.21. The van der Waals surface area contributed by atoms with Gasteiger partial charge in [-0.05, 0) is 31.4 Å². The third-order valence-corrected chi connectivity index (χ3v) is 4.08. The lowest BCUT2D eigenvalue weighted by atomic mass is 10.2. The quantitative estimate of drug-likeness (QED) is 0.858. The summed E-state index contributed by atoms with van der Waals surface area (Å²) in [5, 5.41) is 4.66. The van der Waals surface area contributed by atoms with E-state index in [2.05, 4.69) is 10.1 Å². The van der Waals surface area contributed by atoms with Gasteiger partial charge in [-0.1, -0.05) is 35.8 Å². The van der Waals surface area contributed by atoms with Crippen LogP contribution in [-0.2, 0) is 4.79 Å². The van der Waals surface area contributed by atoms with Crippen LogP contribution in [0.5, 0.6) is 0 Å². The number of nitrogens with zero attached hydrogens (tertiary/aromatic N) is 3. The predicted octanol–water partition coefficient (Wildman–Crippen LogP) is 3.85. The molecule has 1 fully saturated rings. The first-order valence-electron chi connectivity index (χ1n) is 7.58. The highest BCUT2D eigenvalue weighted by Crippen LogP contribution is 2.32. The fraction of sp³-hybridized carbons (Fsp3) is 0.438. The molecule has 2 heterocycles. The molecule has 0 radical (unpaired) electrons. The summed E-state index contributed by atoms with van der Waals surface area (Å²) in [6, 6.07) is 7.23. The van der Waals surface area contributed by atoms with Gasteiger partial charge in [0.2, 0.25) is 17.6 Å². The molecule has 1 atom stereocenters. The van der Waals surface area contributed by atoms with Crippen molar-refractivity contribution in [1.29, 1.82) is 0 Å². The average Bonchev–Trinajstić information content (AvgIpc) is 3.16. The first-order chi connectivity index (χ1) is 10.7. The molecule has 1 aliphatic rings. The van der Waals surface area contributed by atoms with Crippen molar-refractivity contribution in [2.45, 2.75) is 38.6 Å². The molecular formula is C16H18ClN3O2. The zero-order chi connectivity index (χ0) is 15.5. The minimum Gasteiger partial charge on any atom is -0.337 e. The lowest BCUT2D eigenvalue weighted by molar-refractivity contribution is -0.132. The van der Waals surface area contributed by atoms with Crippen LogP contribution in [0, 0.1) is 0 Å². The largest absolute Gasteiger partial charge is 0.337 e. The monoisotopic (exact) mass is 319 g/mol. The average molecular weight is 320 g/mol. The minimum atomic E-state index is -0.0977. The van der Waals surface area contributed by atoms with Crippen molar-refractivity contribution < 1.29 is 9.32 Å². The molecule has 3 rings (SSSR count). The fourth-order valence-electron chi connectivity index (χ4n) is 2.79. The molecule has 0 N–H and O–H groups in total. The highest BCUT2D eigenvalue weighted by Gasteiger charge is 2.33. The van der Waals surface area contributed by atoms with Crippen LogP contribution in [0.2, 0.25) is 5.02 Å². The number of amides is 1. The van der Waals surface area contributed by atoms with Crippen LogP contribution in [0.3, 0.4) is 0 Å². The second-order valence-electron chi connectivity index (χ2n) is 5.46. The molecule has 22 heavy (non-hydrogen) atoms. The van der Waals surface area contributed by atoms with E-state index >= 15 is 0 Å². The van der Waals surface area contributed by atoms with Crippen molar-refractivity contribution in [3.8, 4) is 11.4 Å². The molecule has 1 amide bonds. The molecule has 0 bridgehead atoms. The molecule has 1 saturated heterocycles. The van der Waals surface area contributed by atoms with Crippen LogP contribution in [0.25, 0.3) is 11.4 Å². The summed E-state index contributed by atoms with van der Waals surface area (Å²) < 4.78 is 5.40. The Morgan fingerprint density at radius 3 is 3.14 bits per heavy atom. The summed E-state index contributed by atoms with van der Waals surface area (Å²) in [6.45, 7) is 2.77. The Morgan fingerprint density at radius 2 is 2.36 bits per heavy atom. The first-order valence-corrected chi connectivity index (χ1v) is 7.96. The van der Waals surface area contributed by atoms with E-state index in [4.69, 9.17) is 16.1 Å². The summed E-state index contributed by atoms with van der Waals surface area (Å²) in [7, 11) is 0. The van der Waals surface area contributed by atoms with Crippen LogP contribution in [0.15, 0.2) is 28.8 Å². The van der Waals surface area contributed by atoms with E-state index in [1.807, 2.05) is 24.0 Å². The number of carbonyl (C=O) groups excluding carboxylic acids is 1. The number of benzene rings is 1. The van der Waals surface area contributed by atoms with Crippen LogP contribution in [0.4, 0.5) is 0 Å². The normalized spacial score (nSPS) is 17.9. The summed E-state index contributed by atoms with van der Waals surface area (Å²) in [5.41, 5.74) is 0.812. The van der Waals surface area contributed by atoms with Crippen molar-refractivity contribution in [3.05, 3.63) is 35.2 Å². The van der Waals surface area contributed by atoms with Gasteiger partial charge in [0.1, 0.15) is 6.04 Å². The molecule has 1 aliphatic heterocycles. The Morgan fingerprint density at radius 1 is 1.50 bits per heavy atom. The van der Waals surface area contributed by atoms with Gasteiger partial charge in [-0.2, -0.15) is 4.98 Å². The van der Waals surface area contributed by atoms with Gasteiger partial charge in [-0.3, -0.25) is 4.79 Å². The second kappa shape index (κ2) is 6.48. The highest BCUT2D eigenvalue weighted by molar-refractivity contribution is 6.30. The predicted molar refractivity (Wildman–Crippen MR) is 83.3 cm³/mol. The van der Waals surface area contributed by atoms with Crippen molar-refractivity contribution in [2.24, 2.45) is 0 Å². The Labute approximate surface area is 134 Å². The first kappa shape index (κ1) is 15.0. The summed E-state index contributed by atoms with van der Waals surface area (Å²) in [5.74, 6) is 1.18. The maximum atomic E-state index is 12.2. The van der Waals surface area contributed by atoms with Gasteiger partial charge in [0, 0.05) is 23.6 Å². The van der Waals surface area contributed by atoms with E-state index < -0.39 is 0 Å². The maximum Gasteiger partial charge on any atom is 0.249 e. The highest BCUT2D eigenvalue weighted by atomic mass is 35.5. The molecule has 1 aromatic heterocycles. The number of hydrogen-bond donors (Lipinski definition) is 0. The molecule has 0 aliphatic carbocycles. The third kappa shape index (κ3) is 2.99. The van der Waals surface area contributed by atoms with Gasteiger partial charge < -0.3 is 9.42 Å². The number of rotatable bonds is 4. The molecule has 5 nitrogen and oxygen atoms in total. The Hall–Kier alpha value is -1.88. The number of carbonyl (C=O) groups is 1. The second-order valence-corrected chi connectivity index (χ2v) is 5.90. The maximum absolute atomic E-state index is 12.2. The molecule has 1 unspecified atom stereocenters. The van der Waals surface area contributed by atoms with E-state index in [0.717, 1.165) is 31.4 Å². The molecule has 116 valence electrons. The van der Waals surface area contributed by atoms with Gasteiger partial charge in [-0.25, -0.2) is 0 Å².